The summed E-state index contributed by atoms with van der Waals surface area (Å²) < 4.78 is 0. The molecule has 2 bridgehead atoms. The summed E-state index contributed by atoms with van der Waals surface area (Å²) in [7, 11) is 0. The fourth-order valence-electron chi connectivity index (χ4n) is 5.23. The number of nitrogens with one attached hydrogen (secondary N) is 4. The number of fused-ring (bicyclic) bond motifs is 1. The van der Waals surface area contributed by atoms with Gasteiger partial charge in [0.2, 0.25) is 23.6 Å². The second-order valence-corrected chi connectivity index (χ2v) is 11.7. The molecule has 6 atom stereocenters. The molecule has 18 heteroatoms. The molecule has 0 saturated heterocycles. The molecule has 2 heterocycles. The molecule has 268 valence electrons. The van der Waals surface area contributed by atoms with Crippen LogP contribution in [0.5, 0.6) is 0 Å². The van der Waals surface area contributed by atoms with Gasteiger partial charge in [-0.05, 0) is 23.3 Å². The van der Waals surface area contributed by atoms with Crippen LogP contribution < -0.4 is 21.3 Å². The Balaban J connectivity index is 1.96. The Morgan fingerprint density at radius 3 is 1.04 bits per heavy atom. The molecule has 0 fully saturated rings. The van der Waals surface area contributed by atoms with Crippen molar-refractivity contribution in [1.82, 2.24) is 21.3 Å². The molecule has 1 aliphatic carbocycles. The number of benzene rings is 1. The molecule has 18 nitrogen and oxygen atoms in total. The van der Waals surface area contributed by atoms with Crippen molar-refractivity contribution in [2.45, 2.75) is 48.5 Å². The summed E-state index contributed by atoms with van der Waals surface area (Å²) in [6.07, 6.45) is -2.96. The van der Waals surface area contributed by atoms with Crippen LogP contribution in [0.4, 0.5) is 0 Å². The molecule has 1 aromatic rings. The molecule has 0 aromatic heterocycles. The van der Waals surface area contributed by atoms with Gasteiger partial charge in [-0.2, -0.15) is 0 Å². The molecule has 4 rings (SSSR count). The zero-order valence-electron chi connectivity index (χ0n) is 26.0. The molecule has 48 heavy (non-hydrogen) atoms. The highest BCUT2D eigenvalue weighted by molar-refractivity contribution is 6.01. The first kappa shape index (κ1) is 38.9. The lowest BCUT2D eigenvalue weighted by molar-refractivity contribution is -0.426. The van der Waals surface area contributed by atoms with E-state index < -0.39 is 97.5 Å². The van der Waals surface area contributed by atoms with Crippen molar-refractivity contribution in [2.24, 2.45) is 11.8 Å². The molecular weight excluding hydrogens is 640 g/mol. The van der Waals surface area contributed by atoms with E-state index in [-0.39, 0.29) is 39.0 Å². The van der Waals surface area contributed by atoms with Crippen LogP contribution in [0.3, 0.4) is 0 Å². The summed E-state index contributed by atoms with van der Waals surface area (Å²) in [4.78, 5) is 64.7. The van der Waals surface area contributed by atoms with E-state index in [4.69, 9.17) is 30.2 Å². The van der Waals surface area contributed by atoms with E-state index in [2.05, 4.69) is 21.3 Å². The van der Waals surface area contributed by atoms with E-state index >= 15 is 0 Å². The summed E-state index contributed by atoms with van der Waals surface area (Å²) >= 11 is 0. The van der Waals surface area contributed by atoms with Gasteiger partial charge in [0.15, 0.2) is 0 Å². The lowest BCUT2D eigenvalue weighted by Crippen LogP contribution is -2.54. The van der Waals surface area contributed by atoms with Crippen LogP contribution in [-0.4, -0.2) is 142 Å². The van der Waals surface area contributed by atoms with Crippen molar-refractivity contribution in [3.05, 3.63) is 47.5 Å². The van der Waals surface area contributed by atoms with Crippen molar-refractivity contribution in [2.75, 3.05) is 52.6 Å². The number of amides is 4. The van der Waals surface area contributed by atoms with Gasteiger partial charge in [-0.1, -0.05) is 24.3 Å². The van der Waals surface area contributed by atoms with Crippen molar-refractivity contribution in [1.29, 1.82) is 0 Å². The molecule has 0 radical (unpaired) electrons. The minimum atomic E-state index is -1.57. The molecule has 0 spiro atoms. The summed E-state index contributed by atoms with van der Waals surface area (Å²) in [5, 5.41) is 85.0. The molecular formula is C30H44N4O14. The highest BCUT2D eigenvalue weighted by atomic mass is 17.2. The van der Waals surface area contributed by atoms with Crippen LogP contribution in [0, 0.1) is 11.8 Å². The fraction of sp³-hybridized carbons (Fsp3) is 0.600. The number of carbonyl (C=O) groups excluding carboxylic acids is 4. The van der Waals surface area contributed by atoms with E-state index in [1.807, 2.05) is 0 Å². The molecule has 1 aromatic carbocycles. The smallest absolute Gasteiger partial charge is 0.232 e. The Bertz CT molecular complexity index is 1150. The second-order valence-electron chi connectivity index (χ2n) is 11.7. The molecule has 3 aliphatic rings. The Hall–Kier alpha value is -3.56. The van der Waals surface area contributed by atoms with Gasteiger partial charge in [0.05, 0.1) is 50.8 Å². The van der Waals surface area contributed by atoms with Crippen molar-refractivity contribution < 1.29 is 69.8 Å². The van der Waals surface area contributed by atoms with E-state index in [0.717, 1.165) is 0 Å². The highest BCUT2D eigenvalue weighted by Crippen LogP contribution is 2.53. The van der Waals surface area contributed by atoms with Crippen molar-refractivity contribution >= 4 is 23.6 Å². The first-order valence-corrected chi connectivity index (χ1v) is 15.3. The quantitative estimate of drug-likeness (QED) is 0.0347. The number of hydrogen-bond acceptors (Lipinski definition) is 14. The van der Waals surface area contributed by atoms with Gasteiger partial charge in [0, 0.05) is 39.0 Å². The Morgan fingerprint density at radius 1 is 0.542 bits per heavy atom. The molecule has 6 unspecified atom stereocenters. The number of aliphatic hydroxyl groups excluding tert-OH is 8. The van der Waals surface area contributed by atoms with Gasteiger partial charge < -0.3 is 62.1 Å². The van der Waals surface area contributed by atoms with Gasteiger partial charge in [0.25, 0.3) is 0 Å². The van der Waals surface area contributed by atoms with Crippen LogP contribution in [-0.2, 0) is 40.2 Å². The monoisotopic (exact) mass is 684 g/mol. The SMILES string of the molecule is O=C(NCC(O)CO)C(CC12C=CC(CC(C(=O)NCC(O)CO)C(=O)NCC(O)CO)(OO1)c1ccccc12)C(=O)NCC(O)CO. The Labute approximate surface area is 275 Å². The van der Waals surface area contributed by atoms with Gasteiger partial charge in [-0.15, -0.1) is 0 Å². The topological polar surface area (TPSA) is 297 Å². The van der Waals surface area contributed by atoms with Gasteiger partial charge in [0.1, 0.15) is 23.0 Å². The minimum Gasteiger partial charge on any atom is -0.394 e. The first-order valence-electron chi connectivity index (χ1n) is 15.3. The average Bonchev–Trinajstić information content (AvgIpc) is 3.11. The van der Waals surface area contributed by atoms with Gasteiger partial charge in [-0.25, -0.2) is 9.78 Å². The third-order valence-electron chi connectivity index (χ3n) is 7.97. The third-order valence-corrected chi connectivity index (χ3v) is 7.97. The molecule has 4 amide bonds. The fourth-order valence-corrected chi connectivity index (χ4v) is 5.23. The van der Waals surface area contributed by atoms with Gasteiger partial charge >= 0.3 is 0 Å². The lowest BCUT2D eigenvalue weighted by Gasteiger charge is -2.49. The maximum atomic E-state index is 13.2. The normalized spacial score (nSPS) is 23.2. The van der Waals surface area contributed by atoms with E-state index in [9.17, 15) is 39.6 Å². The molecule has 0 saturated carbocycles. The summed E-state index contributed by atoms with van der Waals surface area (Å²) in [5.41, 5.74) is -2.30. The predicted molar refractivity (Wildman–Crippen MR) is 162 cm³/mol. The van der Waals surface area contributed by atoms with Crippen molar-refractivity contribution in [3.63, 3.8) is 0 Å². The maximum absolute atomic E-state index is 13.2. The van der Waals surface area contributed by atoms with E-state index in [1.165, 1.54) is 12.2 Å². The Kier molecular flexibility index (Phi) is 14.4. The maximum Gasteiger partial charge on any atom is 0.232 e. The third kappa shape index (κ3) is 9.53. The number of rotatable bonds is 20. The average molecular weight is 685 g/mol. The van der Waals surface area contributed by atoms with Crippen LogP contribution >= 0.6 is 0 Å². The molecule has 12 N–H and O–H groups in total. The summed E-state index contributed by atoms with van der Waals surface area (Å²) in [6, 6.07) is 6.58. The van der Waals surface area contributed by atoms with Crippen molar-refractivity contribution in [3.8, 4) is 0 Å². The van der Waals surface area contributed by atoms with Crippen LogP contribution in [0.2, 0.25) is 0 Å². The summed E-state index contributed by atoms with van der Waals surface area (Å²) in [5.74, 6) is -6.45. The molecule has 2 aliphatic heterocycles. The van der Waals surface area contributed by atoms with Gasteiger partial charge in [-0.3, -0.25) is 19.2 Å². The van der Waals surface area contributed by atoms with E-state index in [0.29, 0.717) is 11.1 Å². The lowest BCUT2D eigenvalue weighted by atomic mass is 9.69. The standard InChI is InChI=1S/C30H44N4O14/c35-13-17(39)9-31-25(43)21(26(44)32-10-18(40)14-36)7-29-5-6-30(48-47-29,24-4-2-1-3-23(24)29)8-22(27(45)33-11-19(41)15-37)28(46)34-12-20(42)16-38/h1-6,17-22,35-42H,7-16H2,(H,31,43)(H,32,44)(H,33,45)(H,34,46). The number of carbonyl (C=O) groups is 4. The number of aliphatic hydroxyl groups is 8. The zero-order valence-corrected chi connectivity index (χ0v) is 26.0. The van der Waals surface area contributed by atoms with Crippen LogP contribution in [0.15, 0.2) is 36.4 Å². The number of hydrogen-bond donors (Lipinski definition) is 12. The summed E-state index contributed by atoms with van der Waals surface area (Å²) in [6.45, 7) is -4.13. The Morgan fingerprint density at radius 2 is 0.812 bits per heavy atom. The van der Waals surface area contributed by atoms with E-state index in [1.54, 1.807) is 24.3 Å². The first-order chi connectivity index (χ1) is 22.8. The van der Waals surface area contributed by atoms with Crippen LogP contribution in [0.25, 0.3) is 0 Å². The second kappa shape index (κ2) is 17.7. The van der Waals surface area contributed by atoms with Crippen LogP contribution in [0.1, 0.15) is 24.0 Å². The largest absolute Gasteiger partial charge is 0.394 e. The highest BCUT2D eigenvalue weighted by Gasteiger charge is 2.55. The zero-order chi connectivity index (χ0) is 35.5. The minimum absolute atomic E-state index is 0.374. The predicted octanol–water partition coefficient (Wildman–Crippen LogP) is -5.50.